The second kappa shape index (κ2) is 1.65. The van der Waals surface area contributed by atoms with Crippen LogP contribution < -0.4 is 0 Å². The Bertz CT molecular complexity index is 177. The van der Waals surface area contributed by atoms with Crippen LogP contribution in [0.5, 0.6) is 0 Å². The molecule has 1 nitrogen and oxygen atoms in total. The molecular weight excluding hydrogens is 130 g/mol. The Morgan fingerprint density at radius 2 is 2.22 bits per heavy atom. The molecule has 0 aromatic rings. The van der Waals surface area contributed by atoms with Crippen molar-refractivity contribution < 1.29 is 0 Å². The van der Waals surface area contributed by atoms with E-state index in [1.54, 1.807) is 0 Å². The minimum Gasteiger partial charge on any atom is -0.229 e. The molecule has 0 heterocycles. The monoisotopic (exact) mass is 139 g/mol. The van der Waals surface area contributed by atoms with Crippen molar-refractivity contribution in [3.63, 3.8) is 0 Å². The van der Waals surface area contributed by atoms with Crippen LogP contribution in [0.3, 0.4) is 0 Å². The van der Waals surface area contributed by atoms with Gasteiger partial charge in [0.2, 0.25) is 0 Å². The van der Waals surface area contributed by atoms with Crippen molar-refractivity contribution in [1.29, 1.82) is 0 Å². The Kier molecular flexibility index (Phi) is 1.02. The number of aliphatic imine (C=N–C) groups is 1. The summed E-state index contributed by atoms with van der Waals surface area (Å²) in [5, 5.41) is 2.47. The maximum absolute atomic E-state index is 4.54. The van der Waals surface area contributed by atoms with Crippen LogP contribution in [0.1, 0.15) is 25.7 Å². The Hall–Kier alpha value is -0.200. The van der Waals surface area contributed by atoms with Gasteiger partial charge in [0.1, 0.15) is 0 Å². The zero-order chi connectivity index (χ0) is 6.32. The van der Waals surface area contributed by atoms with Crippen molar-refractivity contribution in [2.75, 3.05) is 0 Å². The summed E-state index contributed by atoms with van der Waals surface area (Å²) in [6.07, 6.45) is 5.41. The lowest BCUT2D eigenvalue weighted by atomic mass is 9.76. The molecule has 48 valence electrons. The molecule has 2 rings (SSSR count). The highest BCUT2D eigenvalue weighted by atomic mass is 32.1. The lowest BCUT2D eigenvalue weighted by Crippen LogP contribution is -2.31. The highest BCUT2D eigenvalue weighted by Crippen LogP contribution is 2.61. The zero-order valence-electron chi connectivity index (χ0n) is 5.26. The van der Waals surface area contributed by atoms with Crippen LogP contribution in [0.25, 0.3) is 0 Å². The lowest BCUT2D eigenvalue weighted by molar-refractivity contribution is 0.233. The zero-order valence-corrected chi connectivity index (χ0v) is 6.08. The first-order valence-corrected chi connectivity index (χ1v) is 3.85. The van der Waals surface area contributed by atoms with Crippen molar-refractivity contribution in [1.82, 2.24) is 0 Å². The van der Waals surface area contributed by atoms with E-state index >= 15 is 0 Å². The number of isothiocyanates is 1. The van der Waals surface area contributed by atoms with Gasteiger partial charge in [-0.1, -0.05) is 0 Å². The van der Waals surface area contributed by atoms with Gasteiger partial charge in [-0.15, -0.1) is 0 Å². The summed E-state index contributed by atoms with van der Waals surface area (Å²) in [5.41, 5.74) is 0.645. The second-order valence-corrected chi connectivity index (χ2v) is 3.32. The third-order valence-electron chi connectivity index (χ3n) is 2.72. The fourth-order valence-corrected chi connectivity index (χ4v) is 1.82. The van der Waals surface area contributed by atoms with E-state index in [1.807, 2.05) is 0 Å². The quantitative estimate of drug-likeness (QED) is 0.400. The van der Waals surface area contributed by atoms with E-state index in [0.717, 1.165) is 0 Å². The first kappa shape index (κ1) is 5.57. The van der Waals surface area contributed by atoms with E-state index < -0.39 is 0 Å². The molecule has 0 amide bonds. The van der Waals surface area contributed by atoms with Gasteiger partial charge in [-0.05, 0) is 43.3 Å². The van der Waals surface area contributed by atoms with Gasteiger partial charge < -0.3 is 0 Å². The van der Waals surface area contributed by atoms with Crippen LogP contribution in [-0.2, 0) is 0 Å². The molecule has 9 heavy (non-hydrogen) atoms. The summed E-state index contributed by atoms with van der Waals surface area (Å²) in [6, 6.07) is 0.565. The average Bonchev–Trinajstić information content (AvgIpc) is 2.60. The van der Waals surface area contributed by atoms with Crippen molar-refractivity contribution in [3.05, 3.63) is 0 Å². The molecule has 0 N–H and O–H groups in total. The molecule has 2 heteroatoms. The molecule has 0 bridgehead atoms. The average molecular weight is 139 g/mol. The largest absolute Gasteiger partial charge is 0.229 e. The van der Waals surface area contributed by atoms with Gasteiger partial charge in [0.25, 0.3) is 0 Å². The Labute approximate surface area is 60.2 Å². The van der Waals surface area contributed by atoms with Crippen molar-refractivity contribution in [3.8, 4) is 0 Å². The molecule has 0 radical (unpaired) electrons. The minimum absolute atomic E-state index is 0.565. The second-order valence-electron chi connectivity index (χ2n) is 3.14. The van der Waals surface area contributed by atoms with Crippen LogP contribution in [0.15, 0.2) is 4.99 Å². The SMILES string of the molecule is S=C=NC1CCC12CC2. The molecular formula is C7H9NS. The number of thiocarbonyl (C=S) groups is 1. The van der Waals surface area contributed by atoms with Gasteiger partial charge in [-0.3, -0.25) is 0 Å². The third-order valence-corrected chi connectivity index (χ3v) is 2.83. The fraction of sp³-hybridized carbons (Fsp3) is 0.857. The topological polar surface area (TPSA) is 12.4 Å². The van der Waals surface area contributed by atoms with Gasteiger partial charge in [0.05, 0.1) is 11.2 Å². The summed E-state index contributed by atoms with van der Waals surface area (Å²) in [4.78, 5) is 4.11. The highest BCUT2D eigenvalue weighted by Gasteiger charge is 2.55. The molecule has 0 aliphatic heterocycles. The molecule has 1 unspecified atom stereocenters. The normalized spacial score (nSPS) is 34.9. The predicted octanol–water partition coefficient (Wildman–Crippen LogP) is 2.03. The van der Waals surface area contributed by atoms with E-state index in [0.29, 0.717) is 11.5 Å². The van der Waals surface area contributed by atoms with Gasteiger partial charge in [0, 0.05) is 0 Å². The highest BCUT2D eigenvalue weighted by molar-refractivity contribution is 7.78. The van der Waals surface area contributed by atoms with Crippen LogP contribution in [0, 0.1) is 5.41 Å². The van der Waals surface area contributed by atoms with Gasteiger partial charge >= 0.3 is 0 Å². The van der Waals surface area contributed by atoms with Crippen molar-refractivity contribution >= 4 is 17.4 Å². The van der Waals surface area contributed by atoms with E-state index in [1.165, 1.54) is 25.7 Å². The van der Waals surface area contributed by atoms with Crippen molar-refractivity contribution in [2.24, 2.45) is 10.4 Å². The Morgan fingerprint density at radius 3 is 2.56 bits per heavy atom. The first-order chi connectivity index (χ1) is 4.37. The minimum atomic E-state index is 0.565. The predicted molar refractivity (Wildman–Crippen MR) is 39.7 cm³/mol. The Morgan fingerprint density at radius 1 is 1.44 bits per heavy atom. The molecule has 0 aromatic carbocycles. The molecule has 2 fully saturated rings. The van der Waals surface area contributed by atoms with Gasteiger partial charge in [-0.25, -0.2) is 4.99 Å². The summed E-state index contributed by atoms with van der Waals surface area (Å²) < 4.78 is 0. The molecule has 0 saturated heterocycles. The smallest absolute Gasteiger partial charge is 0.0659 e. The molecule has 0 aromatic heterocycles. The van der Waals surface area contributed by atoms with Crippen LogP contribution >= 0.6 is 12.2 Å². The third kappa shape index (κ3) is 0.669. The van der Waals surface area contributed by atoms with E-state index in [-0.39, 0.29) is 0 Å². The first-order valence-electron chi connectivity index (χ1n) is 3.44. The maximum Gasteiger partial charge on any atom is 0.0659 e. The van der Waals surface area contributed by atoms with E-state index in [4.69, 9.17) is 0 Å². The lowest BCUT2D eigenvalue weighted by Gasteiger charge is -2.32. The molecule has 2 aliphatic rings. The number of hydrogen-bond donors (Lipinski definition) is 0. The van der Waals surface area contributed by atoms with Crippen molar-refractivity contribution in [2.45, 2.75) is 31.7 Å². The fourth-order valence-electron chi connectivity index (χ4n) is 1.69. The van der Waals surface area contributed by atoms with Crippen LogP contribution in [0.4, 0.5) is 0 Å². The summed E-state index contributed by atoms with van der Waals surface area (Å²) >= 11 is 4.54. The number of nitrogens with zero attached hydrogens (tertiary/aromatic N) is 1. The van der Waals surface area contributed by atoms with Gasteiger partial charge in [0.15, 0.2) is 0 Å². The molecule has 2 aliphatic carbocycles. The van der Waals surface area contributed by atoms with Gasteiger partial charge in [-0.2, -0.15) is 0 Å². The molecule has 1 spiro atoms. The van der Waals surface area contributed by atoms with E-state index in [9.17, 15) is 0 Å². The number of rotatable bonds is 1. The molecule has 1 atom stereocenters. The molecule has 2 saturated carbocycles. The van der Waals surface area contributed by atoms with Crippen LogP contribution in [-0.4, -0.2) is 11.2 Å². The maximum atomic E-state index is 4.54. The van der Waals surface area contributed by atoms with Crippen LogP contribution in [0.2, 0.25) is 0 Å². The summed E-state index contributed by atoms with van der Waals surface area (Å²) in [5.74, 6) is 0. The summed E-state index contributed by atoms with van der Waals surface area (Å²) in [6.45, 7) is 0. The number of hydrogen-bond acceptors (Lipinski definition) is 2. The standard InChI is InChI=1S/C7H9NS/c9-5-8-6-1-2-7(6)3-4-7/h6H,1-4H2. The summed E-state index contributed by atoms with van der Waals surface area (Å²) in [7, 11) is 0. The Balaban J connectivity index is 2.07. The van der Waals surface area contributed by atoms with E-state index in [2.05, 4.69) is 22.4 Å².